The van der Waals surface area contributed by atoms with Gasteiger partial charge in [0.15, 0.2) is 0 Å². The molecule has 0 unspecified atom stereocenters. The number of hydrogen-bond acceptors (Lipinski definition) is 4. The topological polar surface area (TPSA) is 87.7 Å². The third-order valence-corrected chi connectivity index (χ3v) is 5.79. The van der Waals surface area contributed by atoms with Crippen molar-refractivity contribution in [1.29, 1.82) is 0 Å². The van der Waals surface area contributed by atoms with E-state index in [0.29, 0.717) is 6.41 Å². The molecule has 33 heavy (non-hydrogen) atoms. The Kier molecular flexibility index (Phi) is 6.69. The van der Waals surface area contributed by atoms with Crippen LogP contribution in [0.3, 0.4) is 0 Å². The highest BCUT2D eigenvalue weighted by atomic mass is 16.5. The summed E-state index contributed by atoms with van der Waals surface area (Å²) in [5.74, 6) is -0.537. The molecule has 0 radical (unpaired) electrons. The van der Waals surface area contributed by atoms with Gasteiger partial charge in [-0.2, -0.15) is 0 Å². The van der Waals surface area contributed by atoms with Gasteiger partial charge in [-0.3, -0.25) is 20.0 Å². The van der Waals surface area contributed by atoms with Crippen molar-refractivity contribution in [3.05, 3.63) is 95.6 Å². The van der Waals surface area contributed by atoms with Crippen LogP contribution in [0.1, 0.15) is 22.6 Å². The highest BCUT2D eigenvalue weighted by molar-refractivity contribution is 5.86. The molecule has 0 saturated carbocycles. The summed E-state index contributed by atoms with van der Waals surface area (Å²) in [6, 6.07) is 24.6. The smallest absolute Gasteiger partial charge is 0.407 e. The quantitative estimate of drug-likeness (QED) is 0.413. The first kappa shape index (κ1) is 22.1. The molecule has 0 saturated heterocycles. The third kappa shape index (κ3) is 4.87. The number of nitrogens with one attached hydrogen (secondary N) is 2. The van der Waals surface area contributed by atoms with E-state index in [4.69, 9.17) is 4.74 Å². The number of nitrogens with zero attached hydrogens (tertiary/aromatic N) is 1. The predicted octanol–water partition coefficient (Wildman–Crippen LogP) is 3.26. The van der Waals surface area contributed by atoms with Gasteiger partial charge in [-0.15, -0.1) is 0 Å². The van der Waals surface area contributed by atoms with Crippen molar-refractivity contribution in [1.82, 2.24) is 15.8 Å². The Morgan fingerprint density at radius 1 is 0.939 bits per heavy atom. The van der Waals surface area contributed by atoms with Crippen LogP contribution in [0.5, 0.6) is 0 Å². The molecule has 0 heterocycles. The number of ether oxygens (including phenoxy) is 1. The second kappa shape index (κ2) is 9.99. The minimum atomic E-state index is -0.902. The number of alkyl carbamates (subject to hydrolysis) is 1. The molecule has 0 bridgehead atoms. The number of hydrogen-bond donors (Lipinski definition) is 2. The molecular formula is C26H25N3O4. The van der Waals surface area contributed by atoms with Gasteiger partial charge in [0, 0.05) is 19.4 Å². The molecule has 3 amide bonds. The molecule has 0 aliphatic heterocycles. The van der Waals surface area contributed by atoms with Crippen LogP contribution in [-0.4, -0.2) is 43.1 Å². The molecule has 2 N–H and O–H groups in total. The highest BCUT2D eigenvalue weighted by Crippen LogP contribution is 2.44. The molecule has 3 aromatic carbocycles. The maximum absolute atomic E-state index is 12.8. The van der Waals surface area contributed by atoms with Gasteiger partial charge in [0.05, 0.1) is 0 Å². The number of amides is 3. The Morgan fingerprint density at radius 2 is 1.52 bits per heavy atom. The van der Waals surface area contributed by atoms with Crippen LogP contribution in [0, 0.1) is 0 Å². The molecule has 0 spiro atoms. The summed E-state index contributed by atoms with van der Waals surface area (Å²) in [6.07, 6.45) is -0.0230. The van der Waals surface area contributed by atoms with Crippen LogP contribution in [0.2, 0.25) is 0 Å². The first-order chi connectivity index (χ1) is 16.1. The first-order valence-electron chi connectivity index (χ1n) is 10.7. The molecule has 4 rings (SSSR count). The first-order valence-corrected chi connectivity index (χ1v) is 10.7. The van der Waals surface area contributed by atoms with E-state index in [1.165, 1.54) is 7.05 Å². The van der Waals surface area contributed by atoms with Crippen molar-refractivity contribution in [2.45, 2.75) is 18.4 Å². The second-order valence-electron chi connectivity index (χ2n) is 7.86. The van der Waals surface area contributed by atoms with E-state index >= 15 is 0 Å². The van der Waals surface area contributed by atoms with Crippen molar-refractivity contribution in [3.63, 3.8) is 0 Å². The Morgan fingerprint density at radius 3 is 2.12 bits per heavy atom. The second-order valence-corrected chi connectivity index (χ2v) is 7.86. The highest BCUT2D eigenvalue weighted by Gasteiger charge is 2.30. The zero-order valence-electron chi connectivity index (χ0n) is 18.2. The lowest BCUT2D eigenvalue weighted by Crippen LogP contribution is -2.52. The van der Waals surface area contributed by atoms with Gasteiger partial charge in [-0.25, -0.2) is 4.79 Å². The number of likely N-dealkylation sites (N-methyl/N-ethyl adjacent to an activating group) is 1. The van der Waals surface area contributed by atoms with Crippen molar-refractivity contribution in [3.8, 4) is 11.1 Å². The van der Waals surface area contributed by atoms with Gasteiger partial charge in [0.1, 0.15) is 12.6 Å². The van der Waals surface area contributed by atoms with Crippen LogP contribution in [0.25, 0.3) is 11.1 Å². The lowest BCUT2D eigenvalue weighted by molar-refractivity contribution is -0.137. The lowest BCUT2D eigenvalue weighted by Gasteiger charge is -2.24. The summed E-state index contributed by atoms with van der Waals surface area (Å²) < 4.78 is 5.59. The lowest BCUT2D eigenvalue weighted by atomic mass is 9.98. The van der Waals surface area contributed by atoms with Gasteiger partial charge < -0.3 is 10.1 Å². The molecule has 1 aliphatic carbocycles. The summed E-state index contributed by atoms with van der Waals surface area (Å²) in [7, 11) is 1.42. The molecule has 0 fully saturated rings. The third-order valence-electron chi connectivity index (χ3n) is 5.79. The van der Waals surface area contributed by atoms with Crippen LogP contribution >= 0.6 is 0 Å². The van der Waals surface area contributed by atoms with Crippen molar-refractivity contribution < 1.29 is 19.1 Å². The van der Waals surface area contributed by atoms with Gasteiger partial charge in [-0.1, -0.05) is 78.9 Å². The molecule has 1 atom stereocenters. The number of hydrazine groups is 1. The normalized spacial score (nSPS) is 12.8. The van der Waals surface area contributed by atoms with Crippen LogP contribution < -0.4 is 10.7 Å². The number of rotatable bonds is 8. The molecular weight excluding hydrogens is 418 g/mol. The van der Waals surface area contributed by atoms with Crippen molar-refractivity contribution in [2.24, 2.45) is 0 Å². The maximum atomic E-state index is 12.8. The molecule has 3 aromatic rings. The van der Waals surface area contributed by atoms with E-state index in [9.17, 15) is 14.4 Å². The Bertz CT molecular complexity index is 1100. The van der Waals surface area contributed by atoms with E-state index in [1.54, 1.807) is 0 Å². The fourth-order valence-corrected chi connectivity index (χ4v) is 4.21. The van der Waals surface area contributed by atoms with E-state index in [1.807, 2.05) is 66.7 Å². The van der Waals surface area contributed by atoms with E-state index in [-0.39, 0.29) is 18.9 Å². The minimum Gasteiger partial charge on any atom is -0.449 e. The maximum Gasteiger partial charge on any atom is 0.407 e. The fourth-order valence-electron chi connectivity index (χ4n) is 4.21. The average molecular weight is 444 g/mol. The van der Waals surface area contributed by atoms with Crippen LogP contribution in [0.4, 0.5) is 4.79 Å². The molecule has 7 nitrogen and oxygen atoms in total. The summed E-state index contributed by atoms with van der Waals surface area (Å²) in [6.45, 7) is 0.147. The Balaban J connectivity index is 1.46. The largest absolute Gasteiger partial charge is 0.449 e. The zero-order valence-corrected chi connectivity index (χ0v) is 18.2. The van der Waals surface area contributed by atoms with E-state index < -0.39 is 18.0 Å². The van der Waals surface area contributed by atoms with E-state index in [2.05, 4.69) is 22.9 Å². The Labute approximate surface area is 192 Å². The van der Waals surface area contributed by atoms with Crippen molar-refractivity contribution >= 4 is 18.4 Å². The monoisotopic (exact) mass is 443 g/mol. The van der Waals surface area contributed by atoms with Crippen molar-refractivity contribution in [2.75, 3.05) is 13.7 Å². The standard InChI is InChI=1S/C26H25N3O4/c1-29(27-17-30)25(31)24(15-18-9-3-2-4-10-18)28-26(32)33-16-23-21-13-7-5-11-19(21)20-12-6-8-14-22(20)23/h2-14,17,23-24H,15-16H2,1H3,(H,27,30)(H,28,32)/t24-/m0/s1. The molecule has 1 aliphatic rings. The number of fused-ring (bicyclic) bond motifs is 3. The SMILES string of the molecule is CN(NC=O)C(=O)[C@H](Cc1ccccc1)NC(=O)OCC1c2ccccc2-c2ccccc21. The van der Waals surface area contributed by atoms with Crippen LogP contribution in [-0.2, 0) is 20.7 Å². The molecule has 0 aromatic heterocycles. The van der Waals surface area contributed by atoms with Crippen LogP contribution in [0.15, 0.2) is 78.9 Å². The van der Waals surface area contributed by atoms with Gasteiger partial charge in [-0.05, 0) is 27.8 Å². The van der Waals surface area contributed by atoms with Gasteiger partial charge in [0.25, 0.3) is 5.91 Å². The molecule has 168 valence electrons. The predicted molar refractivity (Wildman–Crippen MR) is 124 cm³/mol. The van der Waals surface area contributed by atoms with E-state index in [0.717, 1.165) is 32.8 Å². The minimum absolute atomic E-state index is 0.0779. The average Bonchev–Trinajstić information content (AvgIpc) is 3.16. The number of benzene rings is 3. The summed E-state index contributed by atoms with van der Waals surface area (Å²) >= 11 is 0. The summed E-state index contributed by atoms with van der Waals surface area (Å²) in [5.41, 5.74) is 7.66. The summed E-state index contributed by atoms with van der Waals surface area (Å²) in [5, 5.41) is 3.71. The number of carbonyl (C=O) groups is 3. The fraction of sp³-hybridized carbons (Fsp3) is 0.192. The number of carbonyl (C=O) groups excluding carboxylic acids is 3. The summed E-state index contributed by atoms with van der Waals surface area (Å²) in [4.78, 5) is 36.3. The molecule has 7 heteroatoms. The zero-order chi connectivity index (χ0) is 23.2. The van der Waals surface area contributed by atoms with Gasteiger partial charge in [0.2, 0.25) is 6.41 Å². The van der Waals surface area contributed by atoms with Gasteiger partial charge >= 0.3 is 6.09 Å². The Hall–Kier alpha value is -4.13.